The predicted molar refractivity (Wildman–Crippen MR) is 84.1 cm³/mol. The number of carboxylic acid groups (broad SMARTS) is 1. The van der Waals surface area contributed by atoms with Crippen molar-refractivity contribution in [1.29, 1.82) is 0 Å². The van der Waals surface area contributed by atoms with Gasteiger partial charge in [0, 0.05) is 0 Å². The molecule has 1 aromatic rings. The van der Waals surface area contributed by atoms with Gasteiger partial charge in [-0.15, -0.1) is 0 Å². The molecule has 1 aromatic carbocycles. The zero-order chi connectivity index (χ0) is 15.8. The molecule has 0 bridgehead atoms. The third-order valence-electron chi connectivity index (χ3n) is 2.64. The van der Waals surface area contributed by atoms with Crippen molar-refractivity contribution in [1.82, 2.24) is 5.32 Å². The Bertz CT molecular complexity index is 510. The Hall–Kier alpha value is -1.40. The molecule has 0 saturated carbocycles. The zero-order valence-electron chi connectivity index (χ0n) is 11.9. The van der Waals surface area contributed by atoms with Crippen molar-refractivity contribution in [3.8, 4) is 5.75 Å². The lowest BCUT2D eigenvalue weighted by Crippen LogP contribution is -2.34. The van der Waals surface area contributed by atoms with Crippen LogP contribution in [0.1, 0.15) is 24.9 Å². The molecule has 7 heteroatoms. The average Bonchev–Trinajstić information content (AvgIpc) is 2.44. The maximum absolute atomic E-state index is 11.8. The number of rotatable bonds is 8. The highest BCUT2D eigenvalue weighted by Gasteiger charge is 2.22. The molecule has 1 rings (SSSR count). The van der Waals surface area contributed by atoms with Crippen LogP contribution in [-0.4, -0.2) is 35.6 Å². The number of thioether (sulfide) groups is 1. The fourth-order valence-electron chi connectivity index (χ4n) is 1.66. The van der Waals surface area contributed by atoms with E-state index in [2.05, 4.69) is 5.32 Å². The molecule has 0 aromatic heterocycles. The lowest BCUT2D eigenvalue weighted by Gasteiger charge is -2.16. The number of aliphatic carboxylic acids is 1. The van der Waals surface area contributed by atoms with Crippen LogP contribution in [0.4, 0.5) is 0 Å². The summed E-state index contributed by atoms with van der Waals surface area (Å²) >= 11 is 7.45. The predicted octanol–water partition coefficient (Wildman–Crippen LogP) is 2.73. The van der Waals surface area contributed by atoms with Crippen molar-refractivity contribution in [3.05, 3.63) is 28.8 Å². The van der Waals surface area contributed by atoms with E-state index in [1.54, 1.807) is 12.1 Å². The van der Waals surface area contributed by atoms with E-state index in [9.17, 15) is 14.7 Å². The standard InChI is InChI=1S/C14H18ClNO4S/c1-3-6-21-8-12(17)16-13(14(18)19)9-4-5-11(20-2)10(15)7-9/h4-5,7,13H,3,6,8H2,1-2H3,(H,16,17)(H,18,19). The van der Waals surface area contributed by atoms with Crippen molar-refractivity contribution in [2.75, 3.05) is 18.6 Å². The summed E-state index contributed by atoms with van der Waals surface area (Å²) in [6, 6.07) is 3.51. The average molecular weight is 332 g/mol. The summed E-state index contributed by atoms with van der Waals surface area (Å²) in [4.78, 5) is 23.1. The minimum atomic E-state index is -1.13. The first-order valence-electron chi connectivity index (χ1n) is 6.43. The number of hydrogen-bond donors (Lipinski definition) is 2. The highest BCUT2D eigenvalue weighted by molar-refractivity contribution is 7.99. The van der Waals surface area contributed by atoms with Crippen LogP contribution in [0.15, 0.2) is 18.2 Å². The smallest absolute Gasteiger partial charge is 0.330 e. The molecule has 1 unspecified atom stereocenters. The lowest BCUT2D eigenvalue weighted by atomic mass is 10.1. The summed E-state index contributed by atoms with van der Waals surface area (Å²) in [5.74, 6) is 0.105. The molecule has 0 spiro atoms. The third kappa shape index (κ3) is 5.47. The van der Waals surface area contributed by atoms with Gasteiger partial charge < -0.3 is 15.2 Å². The van der Waals surface area contributed by atoms with Gasteiger partial charge in [0.25, 0.3) is 0 Å². The lowest BCUT2D eigenvalue weighted by molar-refractivity contribution is -0.141. The maximum Gasteiger partial charge on any atom is 0.330 e. The first-order chi connectivity index (χ1) is 9.99. The van der Waals surface area contributed by atoms with E-state index in [0.717, 1.165) is 12.2 Å². The number of carbonyl (C=O) groups is 2. The van der Waals surface area contributed by atoms with E-state index in [-0.39, 0.29) is 11.7 Å². The SMILES string of the molecule is CCCSCC(=O)NC(C(=O)O)c1ccc(OC)c(Cl)c1. The van der Waals surface area contributed by atoms with Crippen LogP contribution in [0, 0.1) is 0 Å². The molecule has 0 heterocycles. The molecule has 1 amide bonds. The van der Waals surface area contributed by atoms with Crippen molar-refractivity contribution in [3.63, 3.8) is 0 Å². The fourth-order valence-corrected chi connectivity index (χ4v) is 2.63. The number of carbonyl (C=O) groups excluding carboxylic acids is 1. The van der Waals surface area contributed by atoms with Gasteiger partial charge in [-0.05, 0) is 29.9 Å². The Morgan fingerprint density at radius 2 is 2.19 bits per heavy atom. The van der Waals surface area contributed by atoms with Gasteiger partial charge in [0.2, 0.25) is 5.91 Å². The molecule has 0 aliphatic heterocycles. The Kier molecular flexibility index (Phi) is 7.39. The monoisotopic (exact) mass is 331 g/mol. The van der Waals surface area contributed by atoms with Crippen LogP contribution in [0.25, 0.3) is 0 Å². The van der Waals surface area contributed by atoms with Crippen LogP contribution in [0.5, 0.6) is 5.75 Å². The molecule has 0 fully saturated rings. The summed E-state index contributed by atoms with van der Waals surface area (Å²) in [7, 11) is 1.47. The van der Waals surface area contributed by atoms with E-state index in [4.69, 9.17) is 16.3 Å². The van der Waals surface area contributed by atoms with E-state index in [1.165, 1.54) is 24.9 Å². The van der Waals surface area contributed by atoms with Crippen molar-refractivity contribution in [2.45, 2.75) is 19.4 Å². The van der Waals surface area contributed by atoms with Gasteiger partial charge in [-0.1, -0.05) is 24.6 Å². The number of nitrogens with one attached hydrogen (secondary N) is 1. The Balaban J connectivity index is 2.80. The number of methoxy groups -OCH3 is 1. The highest BCUT2D eigenvalue weighted by Crippen LogP contribution is 2.27. The second-order valence-electron chi connectivity index (χ2n) is 4.29. The quantitative estimate of drug-likeness (QED) is 0.716. The van der Waals surface area contributed by atoms with Gasteiger partial charge in [0.05, 0.1) is 17.9 Å². The largest absolute Gasteiger partial charge is 0.495 e. The maximum atomic E-state index is 11.8. The minimum Gasteiger partial charge on any atom is -0.495 e. The van der Waals surface area contributed by atoms with E-state index < -0.39 is 12.0 Å². The fraction of sp³-hybridized carbons (Fsp3) is 0.429. The van der Waals surface area contributed by atoms with Crippen LogP contribution < -0.4 is 10.1 Å². The first-order valence-corrected chi connectivity index (χ1v) is 7.96. The summed E-state index contributed by atoms with van der Waals surface area (Å²) in [5.41, 5.74) is 0.405. The van der Waals surface area contributed by atoms with Crippen LogP contribution in [0.2, 0.25) is 5.02 Å². The van der Waals surface area contributed by atoms with E-state index in [1.807, 2.05) is 6.92 Å². The second kappa shape index (κ2) is 8.79. The molecule has 2 N–H and O–H groups in total. The molecule has 1 atom stereocenters. The molecule has 0 aliphatic carbocycles. The van der Waals surface area contributed by atoms with Gasteiger partial charge in [-0.25, -0.2) is 4.79 Å². The van der Waals surface area contributed by atoms with Crippen molar-refractivity contribution >= 4 is 35.2 Å². The number of carboxylic acids is 1. The van der Waals surface area contributed by atoms with Crippen LogP contribution >= 0.6 is 23.4 Å². The topological polar surface area (TPSA) is 75.6 Å². The van der Waals surface area contributed by atoms with Gasteiger partial charge in [0.1, 0.15) is 5.75 Å². The molecule has 21 heavy (non-hydrogen) atoms. The number of hydrogen-bond acceptors (Lipinski definition) is 4. The van der Waals surface area contributed by atoms with Crippen molar-refractivity contribution < 1.29 is 19.4 Å². The summed E-state index contributed by atoms with van der Waals surface area (Å²) in [6.45, 7) is 2.02. The van der Waals surface area contributed by atoms with Gasteiger partial charge in [-0.2, -0.15) is 11.8 Å². The zero-order valence-corrected chi connectivity index (χ0v) is 13.5. The molecule has 0 aliphatic rings. The number of halogens is 1. The molecule has 0 radical (unpaired) electrons. The van der Waals surface area contributed by atoms with Gasteiger partial charge in [-0.3, -0.25) is 4.79 Å². The van der Waals surface area contributed by atoms with Gasteiger partial charge >= 0.3 is 5.97 Å². The van der Waals surface area contributed by atoms with Crippen LogP contribution in [0.3, 0.4) is 0 Å². The van der Waals surface area contributed by atoms with Crippen LogP contribution in [-0.2, 0) is 9.59 Å². The summed E-state index contributed by atoms with van der Waals surface area (Å²) < 4.78 is 5.02. The second-order valence-corrected chi connectivity index (χ2v) is 5.80. The third-order valence-corrected chi connectivity index (χ3v) is 4.10. The Morgan fingerprint density at radius 3 is 2.71 bits per heavy atom. The summed E-state index contributed by atoms with van der Waals surface area (Å²) in [5, 5.41) is 12.1. The molecule has 116 valence electrons. The number of amides is 1. The molecular formula is C14H18ClNO4S. The molecule has 5 nitrogen and oxygen atoms in total. The Morgan fingerprint density at radius 1 is 1.48 bits per heavy atom. The molecular weight excluding hydrogens is 314 g/mol. The summed E-state index contributed by atoms with van der Waals surface area (Å²) in [6.07, 6.45) is 0.967. The minimum absolute atomic E-state index is 0.238. The first kappa shape index (κ1) is 17.7. The van der Waals surface area contributed by atoms with E-state index in [0.29, 0.717) is 16.3 Å². The van der Waals surface area contributed by atoms with E-state index >= 15 is 0 Å². The number of benzene rings is 1. The highest BCUT2D eigenvalue weighted by atomic mass is 35.5. The van der Waals surface area contributed by atoms with Crippen molar-refractivity contribution in [2.24, 2.45) is 0 Å². The Labute approximate surface area is 133 Å². The number of ether oxygens (including phenoxy) is 1. The van der Waals surface area contributed by atoms with Gasteiger partial charge in [0.15, 0.2) is 6.04 Å². The molecule has 0 saturated heterocycles. The normalized spacial score (nSPS) is 11.8.